The van der Waals surface area contributed by atoms with Crippen molar-refractivity contribution in [3.8, 4) is 17.1 Å². The van der Waals surface area contributed by atoms with E-state index in [4.69, 9.17) is 4.74 Å². The van der Waals surface area contributed by atoms with Crippen LogP contribution in [0.2, 0.25) is 0 Å². The van der Waals surface area contributed by atoms with Crippen molar-refractivity contribution in [3.63, 3.8) is 0 Å². The first-order chi connectivity index (χ1) is 18.5. The lowest BCUT2D eigenvalue weighted by atomic mass is 9.74. The van der Waals surface area contributed by atoms with E-state index in [0.29, 0.717) is 37.4 Å². The van der Waals surface area contributed by atoms with E-state index >= 15 is 4.39 Å². The van der Waals surface area contributed by atoms with Gasteiger partial charge in [0.25, 0.3) is 0 Å². The number of halogens is 1. The minimum atomic E-state index is -2.17. The van der Waals surface area contributed by atoms with Gasteiger partial charge in [-0.1, -0.05) is 71.6 Å². The van der Waals surface area contributed by atoms with Crippen molar-refractivity contribution < 1.29 is 19.0 Å². The predicted octanol–water partition coefficient (Wildman–Crippen LogP) is 8.61. The fourth-order valence-electron chi connectivity index (χ4n) is 5.56. The van der Waals surface area contributed by atoms with Crippen molar-refractivity contribution in [3.05, 3.63) is 42.2 Å². The number of hydrogen-bond donors (Lipinski definition) is 1. The van der Waals surface area contributed by atoms with Gasteiger partial charge in [0, 0.05) is 23.9 Å². The molecule has 0 saturated heterocycles. The summed E-state index contributed by atoms with van der Waals surface area (Å²) in [4.78, 5) is 21.0. The molecule has 6 heteroatoms. The highest BCUT2D eigenvalue weighted by Gasteiger charge is 2.47. The van der Waals surface area contributed by atoms with Crippen molar-refractivity contribution in [1.82, 2.24) is 9.97 Å². The van der Waals surface area contributed by atoms with Gasteiger partial charge in [-0.3, -0.25) is 0 Å². The fourth-order valence-corrected chi connectivity index (χ4v) is 5.56. The zero-order chi connectivity index (χ0) is 27.2. The maximum absolute atomic E-state index is 15.7. The summed E-state index contributed by atoms with van der Waals surface area (Å²) in [5.41, 5.74) is -0.0869. The molecule has 3 rings (SSSR count). The molecule has 1 aromatic heterocycles. The Kier molecular flexibility index (Phi) is 12.5. The van der Waals surface area contributed by atoms with Crippen LogP contribution < -0.4 is 4.74 Å². The standard InChI is InChI=1S/C32H47FN2O3/c1-3-5-6-7-8-9-11-14-26-22-34-30(35-23-26)27-17-19-29(20-18-27)38-24-25(4-2)21-32(33,31(36)37)28-15-12-10-13-16-28/h17-20,22-23,25,28H,3-16,21,24H2,1-2H3,(H,36,37)/t25?,32-/m0/s1. The average molecular weight is 527 g/mol. The van der Waals surface area contributed by atoms with E-state index in [0.717, 1.165) is 31.2 Å². The van der Waals surface area contributed by atoms with E-state index < -0.39 is 17.6 Å². The van der Waals surface area contributed by atoms with E-state index in [1.54, 1.807) is 0 Å². The predicted molar refractivity (Wildman–Crippen MR) is 151 cm³/mol. The monoisotopic (exact) mass is 526 g/mol. The number of unbranched alkanes of at least 4 members (excludes halogenated alkanes) is 6. The maximum atomic E-state index is 15.7. The van der Waals surface area contributed by atoms with Crippen LogP contribution in [-0.2, 0) is 11.2 Å². The van der Waals surface area contributed by atoms with E-state index in [1.807, 2.05) is 43.6 Å². The Morgan fingerprint density at radius 3 is 2.24 bits per heavy atom. The highest BCUT2D eigenvalue weighted by Crippen LogP contribution is 2.40. The van der Waals surface area contributed by atoms with Crippen LogP contribution in [0.1, 0.15) is 109 Å². The number of carboxylic acid groups (broad SMARTS) is 1. The Labute approximate surface area is 228 Å². The summed E-state index contributed by atoms with van der Waals surface area (Å²) in [5.74, 6) is -0.516. The number of hydrogen-bond acceptors (Lipinski definition) is 4. The number of carbonyl (C=O) groups is 1. The Balaban J connectivity index is 1.47. The Bertz CT molecular complexity index is 944. The van der Waals surface area contributed by atoms with Gasteiger partial charge in [0.1, 0.15) is 5.75 Å². The van der Waals surface area contributed by atoms with Gasteiger partial charge in [-0.05, 0) is 74.3 Å². The van der Waals surface area contributed by atoms with Gasteiger partial charge >= 0.3 is 5.97 Å². The molecule has 0 bridgehead atoms. The molecule has 5 nitrogen and oxygen atoms in total. The van der Waals surface area contributed by atoms with Gasteiger partial charge in [-0.15, -0.1) is 0 Å². The zero-order valence-electron chi connectivity index (χ0n) is 23.5. The van der Waals surface area contributed by atoms with Gasteiger partial charge in [0.2, 0.25) is 5.67 Å². The van der Waals surface area contributed by atoms with E-state index in [9.17, 15) is 9.90 Å². The van der Waals surface area contributed by atoms with Gasteiger partial charge < -0.3 is 9.84 Å². The molecule has 1 unspecified atom stereocenters. The molecule has 1 aliphatic carbocycles. The second kappa shape index (κ2) is 15.8. The molecule has 1 fully saturated rings. The summed E-state index contributed by atoms with van der Waals surface area (Å²) in [5, 5.41) is 9.73. The highest BCUT2D eigenvalue weighted by molar-refractivity contribution is 5.77. The van der Waals surface area contributed by atoms with Gasteiger partial charge in [0.05, 0.1) is 6.61 Å². The molecule has 1 heterocycles. The number of ether oxygens (including phenoxy) is 1. The third kappa shape index (κ3) is 9.06. The fraction of sp³-hybridized carbons (Fsp3) is 0.656. The molecule has 1 N–H and O–H groups in total. The molecule has 2 atom stereocenters. The molecular weight excluding hydrogens is 479 g/mol. The third-order valence-corrected chi connectivity index (χ3v) is 8.14. The van der Waals surface area contributed by atoms with Crippen molar-refractivity contribution in [1.29, 1.82) is 0 Å². The molecule has 1 aliphatic rings. The normalized spacial score (nSPS) is 16.6. The topological polar surface area (TPSA) is 72.3 Å². The lowest BCUT2D eigenvalue weighted by Gasteiger charge is -2.35. The van der Waals surface area contributed by atoms with Crippen molar-refractivity contribution in [2.45, 2.75) is 116 Å². The lowest BCUT2D eigenvalue weighted by molar-refractivity contribution is -0.158. The quantitative estimate of drug-likeness (QED) is 0.209. The number of benzene rings is 1. The van der Waals surface area contributed by atoms with E-state index in [2.05, 4.69) is 16.9 Å². The second-order valence-electron chi connectivity index (χ2n) is 11.1. The van der Waals surface area contributed by atoms with Crippen molar-refractivity contribution >= 4 is 5.97 Å². The third-order valence-electron chi connectivity index (χ3n) is 8.14. The van der Waals surface area contributed by atoms with Crippen LogP contribution in [0.5, 0.6) is 5.75 Å². The summed E-state index contributed by atoms with van der Waals surface area (Å²) in [6, 6.07) is 7.61. The minimum Gasteiger partial charge on any atom is -0.493 e. The van der Waals surface area contributed by atoms with Crippen molar-refractivity contribution in [2.75, 3.05) is 6.61 Å². The second-order valence-corrected chi connectivity index (χ2v) is 11.1. The highest BCUT2D eigenvalue weighted by atomic mass is 19.1. The summed E-state index contributed by atoms with van der Waals surface area (Å²) in [6.07, 6.45) is 18.8. The Morgan fingerprint density at radius 2 is 1.63 bits per heavy atom. The number of carboxylic acids is 1. The Morgan fingerprint density at radius 1 is 1.00 bits per heavy atom. The van der Waals surface area contributed by atoms with Crippen LogP contribution in [0.25, 0.3) is 11.4 Å². The number of alkyl halides is 1. The average Bonchev–Trinajstić information content (AvgIpc) is 2.95. The van der Waals surface area contributed by atoms with Crippen LogP contribution >= 0.6 is 0 Å². The number of rotatable bonds is 17. The first-order valence-corrected chi connectivity index (χ1v) is 14.9. The zero-order valence-corrected chi connectivity index (χ0v) is 23.5. The van der Waals surface area contributed by atoms with Crippen LogP contribution in [-0.4, -0.2) is 33.3 Å². The molecule has 210 valence electrons. The first kappa shape index (κ1) is 30.0. The number of aryl methyl sites for hydroxylation is 1. The van der Waals surface area contributed by atoms with Gasteiger partial charge in [-0.2, -0.15) is 0 Å². The van der Waals surface area contributed by atoms with Crippen LogP contribution in [0, 0.1) is 11.8 Å². The van der Waals surface area contributed by atoms with Gasteiger partial charge in [-0.25, -0.2) is 19.2 Å². The molecule has 0 aliphatic heterocycles. The first-order valence-electron chi connectivity index (χ1n) is 14.9. The number of nitrogens with zero attached hydrogens (tertiary/aromatic N) is 2. The van der Waals surface area contributed by atoms with E-state index in [1.165, 1.54) is 50.5 Å². The molecule has 0 amide bonds. The number of aromatic nitrogens is 2. The SMILES string of the molecule is CCCCCCCCCc1cnc(-c2ccc(OCC(CC)C[C@@](F)(C(=O)O)C3CCCCC3)cc2)nc1. The molecular formula is C32H47FN2O3. The summed E-state index contributed by atoms with van der Waals surface area (Å²) in [7, 11) is 0. The summed E-state index contributed by atoms with van der Waals surface area (Å²) >= 11 is 0. The molecule has 2 aromatic rings. The number of aliphatic carboxylic acids is 1. The lowest BCUT2D eigenvalue weighted by Crippen LogP contribution is -2.44. The summed E-state index contributed by atoms with van der Waals surface area (Å²) < 4.78 is 21.7. The molecule has 1 saturated carbocycles. The Hall–Kier alpha value is -2.50. The van der Waals surface area contributed by atoms with Crippen LogP contribution in [0.4, 0.5) is 4.39 Å². The smallest absolute Gasteiger partial charge is 0.341 e. The molecule has 1 aromatic carbocycles. The van der Waals surface area contributed by atoms with Crippen molar-refractivity contribution in [2.24, 2.45) is 11.8 Å². The van der Waals surface area contributed by atoms with Crippen LogP contribution in [0.15, 0.2) is 36.7 Å². The maximum Gasteiger partial charge on any atom is 0.341 e. The van der Waals surface area contributed by atoms with E-state index in [-0.39, 0.29) is 12.3 Å². The van der Waals surface area contributed by atoms with Gasteiger partial charge in [0.15, 0.2) is 5.82 Å². The largest absolute Gasteiger partial charge is 0.493 e. The van der Waals surface area contributed by atoms with Crippen LogP contribution in [0.3, 0.4) is 0 Å². The summed E-state index contributed by atoms with van der Waals surface area (Å²) in [6.45, 7) is 4.51. The molecule has 0 radical (unpaired) electrons. The molecule has 0 spiro atoms. The molecule has 38 heavy (non-hydrogen) atoms. The minimum absolute atomic E-state index is 0.000624.